The van der Waals surface area contributed by atoms with Gasteiger partial charge >= 0.3 is 89.9 Å². The molecule has 0 bridgehead atoms. The van der Waals surface area contributed by atoms with Crippen LogP contribution in [-0.4, -0.2) is 6.66 Å². The summed E-state index contributed by atoms with van der Waals surface area (Å²) in [5.74, 6) is 0.845. The molecule has 32 heavy (non-hydrogen) atoms. The van der Waals surface area contributed by atoms with Crippen LogP contribution in [0.3, 0.4) is 0 Å². The minimum atomic E-state index is -0.309. The topological polar surface area (TPSA) is 9.23 Å². The van der Waals surface area contributed by atoms with Gasteiger partial charge in [-0.05, 0) is 31.5 Å². The van der Waals surface area contributed by atoms with E-state index >= 15 is 0 Å². The Hall–Kier alpha value is -2.39. The van der Waals surface area contributed by atoms with E-state index in [1.165, 1.54) is 11.1 Å². The third kappa shape index (κ3) is 7.63. The Morgan fingerprint density at radius 2 is 1.47 bits per heavy atom. The molecule has 1 atom stereocenters. The summed E-state index contributed by atoms with van der Waals surface area (Å²) >= 11 is 0.290. The molecule has 162 valence electrons. The molecule has 0 heterocycles. The molecule has 1 aliphatic rings. The summed E-state index contributed by atoms with van der Waals surface area (Å²) in [6.07, 6.45) is 8.66. The quantitative estimate of drug-likeness (QED) is 0.201. The Balaban J connectivity index is 0.000000193. The number of para-hydroxylation sites is 1. The molecule has 0 amide bonds. The number of hydrogen-bond donors (Lipinski definition) is 0. The summed E-state index contributed by atoms with van der Waals surface area (Å²) < 4.78 is 6.57. The summed E-state index contributed by atoms with van der Waals surface area (Å²) in [5, 5.41) is 0. The standard InChI is InChI=1S/C18H18O.C9H7.C2H7Si.Ti/c1-15(2)13-17(16-9-5-3-6-10-16)14-19-18-11-7-4-8-12-18;1-2-5-9-7-3-6-8(9)4-1;1-3-2;/h3-14H,1-2H3;1-7H;3H,1-2H3;. The second kappa shape index (κ2) is 12.6. The first kappa shape index (κ1) is 24.3. The molecule has 3 aromatic carbocycles. The van der Waals surface area contributed by atoms with Gasteiger partial charge in [-0.15, -0.1) is 0 Å². The van der Waals surface area contributed by atoms with E-state index in [-0.39, 0.29) is 6.66 Å². The molecule has 0 saturated carbocycles. The van der Waals surface area contributed by atoms with Crippen molar-refractivity contribution >= 4 is 18.3 Å². The van der Waals surface area contributed by atoms with Gasteiger partial charge in [-0.3, -0.25) is 0 Å². The normalized spacial score (nSPS) is 14.3. The first-order valence-electron chi connectivity index (χ1n) is 11.2. The molecule has 1 unspecified atom stereocenters. The van der Waals surface area contributed by atoms with Crippen LogP contribution in [0.2, 0.25) is 13.1 Å². The first-order chi connectivity index (χ1) is 15.5. The van der Waals surface area contributed by atoms with Gasteiger partial charge in [0.15, 0.2) is 0 Å². The van der Waals surface area contributed by atoms with Gasteiger partial charge in [0, 0.05) is 5.57 Å². The zero-order valence-corrected chi connectivity index (χ0v) is 22.2. The van der Waals surface area contributed by atoms with E-state index in [1.807, 2.05) is 48.5 Å². The van der Waals surface area contributed by atoms with Crippen LogP contribution in [0.15, 0.2) is 109 Å². The van der Waals surface area contributed by atoms with Crippen LogP contribution in [0.1, 0.15) is 34.8 Å². The van der Waals surface area contributed by atoms with Crippen LogP contribution < -0.4 is 4.74 Å². The van der Waals surface area contributed by atoms with Gasteiger partial charge < -0.3 is 4.74 Å². The van der Waals surface area contributed by atoms with E-state index in [4.69, 9.17) is 4.74 Å². The zero-order valence-electron chi connectivity index (χ0n) is 19.5. The number of allylic oxidation sites excluding steroid dienone is 4. The van der Waals surface area contributed by atoms with Gasteiger partial charge in [0.25, 0.3) is 0 Å². The Kier molecular flexibility index (Phi) is 9.55. The summed E-state index contributed by atoms with van der Waals surface area (Å²) in [6, 6.07) is 28.9. The number of benzene rings is 3. The van der Waals surface area contributed by atoms with Crippen molar-refractivity contribution in [2.24, 2.45) is 0 Å². The molecule has 3 aromatic rings. The van der Waals surface area contributed by atoms with E-state index in [0.29, 0.717) is 18.4 Å². The number of fused-ring (bicyclic) bond motifs is 1. The zero-order chi connectivity index (χ0) is 22.8. The fraction of sp³-hybridized carbons (Fsp3) is 0.172. The van der Waals surface area contributed by atoms with Crippen LogP contribution in [0, 0.1) is 0 Å². The summed E-state index contributed by atoms with van der Waals surface area (Å²) in [4.78, 5) is 0. The molecular weight excluding hydrogens is 440 g/mol. The predicted molar refractivity (Wildman–Crippen MR) is 138 cm³/mol. The van der Waals surface area contributed by atoms with Crippen molar-refractivity contribution in [3.63, 3.8) is 0 Å². The third-order valence-electron chi connectivity index (χ3n) is 4.93. The maximum absolute atomic E-state index is 5.72. The van der Waals surface area contributed by atoms with E-state index in [9.17, 15) is 0 Å². The fourth-order valence-corrected chi connectivity index (χ4v) is 9.81. The molecule has 1 nitrogen and oxygen atoms in total. The Morgan fingerprint density at radius 3 is 2.12 bits per heavy atom. The van der Waals surface area contributed by atoms with E-state index < -0.39 is 0 Å². The Bertz CT molecular complexity index is 1060. The van der Waals surface area contributed by atoms with Gasteiger partial charge in [-0.2, -0.15) is 0 Å². The van der Waals surface area contributed by atoms with Crippen LogP contribution in [0.5, 0.6) is 5.75 Å². The molecular formula is C29H32OSiTi. The third-order valence-corrected chi connectivity index (χ3v) is 11.5. The average molecular weight is 473 g/mol. The number of ether oxygens (including phenoxy) is 1. The predicted octanol–water partition coefficient (Wildman–Crippen LogP) is 7.89. The molecule has 0 aliphatic heterocycles. The molecule has 3 heteroatoms. The molecule has 0 fully saturated rings. The monoisotopic (exact) mass is 472 g/mol. The Morgan fingerprint density at radius 1 is 0.844 bits per heavy atom. The average Bonchev–Trinajstić information content (AvgIpc) is 3.20. The van der Waals surface area contributed by atoms with E-state index in [1.54, 1.807) is 11.8 Å². The second-order valence-corrected chi connectivity index (χ2v) is 19.0. The van der Waals surface area contributed by atoms with Crippen molar-refractivity contribution in [2.75, 3.05) is 0 Å². The minimum absolute atomic E-state index is 0.290. The molecule has 0 aromatic heterocycles. The number of hydrogen-bond acceptors (Lipinski definition) is 1. The van der Waals surface area contributed by atoms with Crippen LogP contribution in [-0.2, 0) is 18.4 Å². The van der Waals surface area contributed by atoms with Crippen molar-refractivity contribution < 1.29 is 23.1 Å². The first-order valence-corrected chi connectivity index (χ1v) is 17.7. The molecule has 0 saturated heterocycles. The van der Waals surface area contributed by atoms with Crippen molar-refractivity contribution in [3.05, 3.63) is 126 Å². The summed E-state index contributed by atoms with van der Waals surface area (Å²) in [5.41, 5.74) is 6.53. The fourth-order valence-electron chi connectivity index (χ4n) is 3.51. The van der Waals surface area contributed by atoms with Crippen LogP contribution in [0.25, 0.3) is 11.6 Å². The molecule has 0 spiro atoms. The van der Waals surface area contributed by atoms with Crippen molar-refractivity contribution in [1.82, 2.24) is 0 Å². The summed E-state index contributed by atoms with van der Waals surface area (Å²) in [6.45, 7) is 8.82. The number of rotatable bonds is 6. The van der Waals surface area contributed by atoms with E-state index in [0.717, 1.165) is 21.1 Å². The van der Waals surface area contributed by atoms with Crippen molar-refractivity contribution in [3.8, 4) is 5.75 Å². The van der Waals surface area contributed by atoms with Gasteiger partial charge in [0.1, 0.15) is 5.75 Å². The maximum atomic E-state index is 5.72. The second-order valence-electron chi connectivity index (χ2n) is 8.38. The molecule has 0 radical (unpaired) electrons. The van der Waals surface area contributed by atoms with E-state index in [2.05, 4.69) is 81.6 Å². The van der Waals surface area contributed by atoms with Crippen LogP contribution in [0.4, 0.5) is 0 Å². The molecule has 1 aliphatic carbocycles. The molecule has 4 rings (SSSR count). The Labute approximate surface area is 203 Å². The molecule has 0 N–H and O–H groups in total. The summed E-state index contributed by atoms with van der Waals surface area (Å²) in [7, 11) is 0. The SMILES string of the molecule is CC(C)=CC(=COc1ccccc1)c1ccccc1.C[SiH](C)[Ti][CH]1C=Cc2ccccc21. The van der Waals surface area contributed by atoms with Crippen LogP contribution >= 0.6 is 0 Å². The van der Waals surface area contributed by atoms with Crippen molar-refractivity contribution in [1.29, 1.82) is 0 Å². The van der Waals surface area contributed by atoms with Gasteiger partial charge in [0.2, 0.25) is 0 Å². The van der Waals surface area contributed by atoms with Crippen molar-refractivity contribution in [2.45, 2.75) is 31.2 Å². The van der Waals surface area contributed by atoms with Gasteiger partial charge in [0.05, 0.1) is 6.26 Å². The van der Waals surface area contributed by atoms with Gasteiger partial charge in [-0.1, -0.05) is 60.2 Å². The van der Waals surface area contributed by atoms with Gasteiger partial charge in [-0.25, -0.2) is 0 Å².